The van der Waals surface area contributed by atoms with E-state index < -0.39 is 4.87 Å². The van der Waals surface area contributed by atoms with Gasteiger partial charge in [0.2, 0.25) is 4.87 Å². The molecule has 128 valence electrons. The summed E-state index contributed by atoms with van der Waals surface area (Å²) >= 11 is 1.52. The Morgan fingerprint density at radius 2 is 1.84 bits per heavy atom. The largest absolute Gasteiger partial charge is 0.309 e. The molecule has 25 heavy (non-hydrogen) atoms. The van der Waals surface area contributed by atoms with Crippen LogP contribution in [0.5, 0.6) is 0 Å². The average Bonchev–Trinajstić information content (AvgIpc) is 3.20. The smallest absolute Gasteiger partial charge is 0.269 e. The van der Waals surface area contributed by atoms with Gasteiger partial charge in [-0.1, -0.05) is 80.1 Å². The minimum Gasteiger partial charge on any atom is -0.309 e. The van der Waals surface area contributed by atoms with Crippen LogP contribution in [0.1, 0.15) is 37.3 Å². The lowest BCUT2D eigenvalue weighted by atomic mass is 10.1. The number of anilines is 1. The van der Waals surface area contributed by atoms with Crippen molar-refractivity contribution in [2.24, 2.45) is 5.10 Å². The van der Waals surface area contributed by atoms with Gasteiger partial charge in [-0.2, -0.15) is 5.10 Å². The second-order valence-electron chi connectivity index (χ2n) is 6.36. The SMILES string of the molecule is CCCCCN1C(=O)C2(NN=C(c3ccccc3)S2)c2ccccc21. The van der Waals surface area contributed by atoms with Crippen LogP contribution in [-0.2, 0) is 9.67 Å². The molecule has 2 heterocycles. The van der Waals surface area contributed by atoms with Gasteiger partial charge in [-0.3, -0.25) is 10.2 Å². The van der Waals surface area contributed by atoms with Crippen molar-refractivity contribution in [3.8, 4) is 0 Å². The number of carbonyl (C=O) groups excluding carboxylic acids is 1. The molecule has 1 atom stereocenters. The molecule has 2 aliphatic heterocycles. The third-order valence-corrected chi connectivity index (χ3v) is 6.00. The first kappa shape index (κ1) is 16.2. The van der Waals surface area contributed by atoms with Crippen molar-refractivity contribution in [3.05, 3.63) is 65.7 Å². The van der Waals surface area contributed by atoms with Crippen LogP contribution in [0.3, 0.4) is 0 Å². The minimum atomic E-state index is -0.825. The van der Waals surface area contributed by atoms with E-state index in [-0.39, 0.29) is 5.91 Å². The van der Waals surface area contributed by atoms with Crippen LogP contribution in [0.2, 0.25) is 0 Å². The van der Waals surface area contributed by atoms with E-state index in [2.05, 4.69) is 17.5 Å². The number of amides is 1. The molecule has 0 aliphatic carbocycles. The summed E-state index contributed by atoms with van der Waals surface area (Å²) in [6.45, 7) is 2.93. The second kappa shape index (κ2) is 6.56. The first-order valence-electron chi connectivity index (χ1n) is 8.77. The Morgan fingerprint density at radius 3 is 2.64 bits per heavy atom. The molecule has 0 bridgehead atoms. The summed E-state index contributed by atoms with van der Waals surface area (Å²) in [5.41, 5.74) is 6.22. The monoisotopic (exact) mass is 351 g/mol. The number of unbranched alkanes of at least 4 members (excludes halogenated alkanes) is 2. The van der Waals surface area contributed by atoms with E-state index in [0.717, 1.165) is 47.7 Å². The van der Waals surface area contributed by atoms with E-state index in [1.807, 2.05) is 59.5 Å². The van der Waals surface area contributed by atoms with Crippen molar-refractivity contribution in [3.63, 3.8) is 0 Å². The van der Waals surface area contributed by atoms with Gasteiger partial charge < -0.3 is 4.90 Å². The molecule has 1 unspecified atom stereocenters. The topological polar surface area (TPSA) is 44.7 Å². The summed E-state index contributed by atoms with van der Waals surface area (Å²) in [4.78, 5) is 14.4. The van der Waals surface area contributed by atoms with Gasteiger partial charge in [-0.05, 0) is 12.5 Å². The lowest BCUT2D eigenvalue weighted by Gasteiger charge is -2.22. The van der Waals surface area contributed by atoms with E-state index >= 15 is 0 Å². The fourth-order valence-corrected chi connectivity index (χ4v) is 4.60. The molecule has 1 amide bonds. The number of para-hydroxylation sites is 1. The highest BCUT2D eigenvalue weighted by atomic mass is 32.2. The number of hydrogen-bond acceptors (Lipinski definition) is 4. The lowest BCUT2D eigenvalue weighted by Crippen LogP contribution is -2.44. The Hall–Kier alpha value is -2.27. The number of hydrazone groups is 1. The van der Waals surface area contributed by atoms with Crippen LogP contribution in [0.25, 0.3) is 0 Å². The Morgan fingerprint density at radius 1 is 1.08 bits per heavy atom. The predicted octanol–water partition coefficient (Wildman–Crippen LogP) is 4.07. The van der Waals surface area contributed by atoms with Crippen LogP contribution in [0.4, 0.5) is 5.69 Å². The van der Waals surface area contributed by atoms with Gasteiger partial charge in [0, 0.05) is 17.7 Å². The van der Waals surface area contributed by atoms with Gasteiger partial charge in [-0.15, -0.1) is 0 Å². The highest BCUT2D eigenvalue weighted by Gasteiger charge is 2.55. The third kappa shape index (κ3) is 2.63. The molecule has 0 radical (unpaired) electrons. The van der Waals surface area contributed by atoms with Crippen LogP contribution < -0.4 is 10.3 Å². The molecule has 1 N–H and O–H groups in total. The predicted molar refractivity (Wildman–Crippen MR) is 104 cm³/mol. The molecule has 4 nitrogen and oxygen atoms in total. The Bertz CT molecular complexity index is 821. The van der Waals surface area contributed by atoms with E-state index in [0.29, 0.717) is 0 Å². The standard InChI is InChI=1S/C20H21N3OS/c1-2-3-9-14-23-17-13-8-7-12-16(17)20(19(23)24)22-21-18(25-20)15-10-5-4-6-11-15/h4-8,10-13,22H,2-3,9,14H2,1H3. The number of nitrogens with zero attached hydrogens (tertiary/aromatic N) is 2. The highest BCUT2D eigenvalue weighted by molar-refractivity contribution is 8.16. The Kier molecular flexibility index (Phi) is 4.25. The molecule has 0 fully saturated rings. The second-order valence-corrected chi connectivity index (χ2v) is 7.56. The van der Waals surface area contributed by atoms with Crippen molar-refractivity contribution >= 4 is 28.4 Å². The zero-order valence-electron chi connectivity index (χ0n) is 14.2. The number of benzene rings is 2. The maximum absolute atomic E-state index is 13.3. The maximum Gasteiger partial charge on any atom is 0.269 e. The number of thioether (sulfide) groups is 1. The van der Waals surface area contributed by atoms with E-state index in [9.17, 15) is 4.79 Å². The molecule has 1 spiro atoms. The quantitative estimate of drug-likeness (QED) is 0.826. The molecule has 0 saturated carbocycles. The van der Waals surface area contributed by atoms with E-state index in [4.69, 9.17) is 0 Å². The Balaban J connectivity index is 1.66. The zero-order valence-corrected chi connectivity index (χ0v) is 15.1. The normalized spacial score (nSPS) is 21.4. The van der Waals surface area contributed by atoms with Gasteiger partial charge in [-0.25, -0.2) is 0 Å². The molecular weight excluding hydrogens is 330 g/mol. The zero-order chi connectivity index (χ0) is 17.3. The summed E-state index contributed by atoms with van der Waals surface area (Å²) < 4.78 is 0. The van der Waals surface area contributed by atoms with Crippen molar-refractivity contribution in [2.45, 2.75) is 31.1 Å². The molecule has 4 rings (SSSR count). The van der Waals surface area contributed by atoms with Crippen LogP contribution in [-0.4, -0.2) is 17.5 Å². The third-order valence-electron chi connectivity index (χ3n) is 4.69. The van der Waals surface area contributed by atoms with Gasteiger partial charge in [0.25, 0.3) is 5.91 Å². The van der Waals surface area contributed by atoms with Crippen LogP contribution in [0, 0.1) is 0 Å². The first-order chi connectivity index (χ1) is 12.3. The van der Waals surface area contributed by atoms with Crippen molar-refractivity contribution < 1.29 is 4.79 Å². The summed E-state index contributed by atoms with van der Waals surface area (Å²) in [5.74, 6) is 0.0875. The van der Waals surface area contributed by atoms with E-state index in [1.165, 1.54) is 11.8 Å². The summed E-state index contributed by atoms with van der Waals surface area (Å²) in [7, 11) is 0. The number of hydrogen-bond donors (Lipinski definition) is 1. The first-order valence-corrected chi connectivity index (χ1v) is 9.58. The summed E-state index contributed by atoms with van der Waals surface area (Å²) in [5, 5.41) is 5.36. The molecule has 2 aliphatic rings. The van der Waals surface area contributed by atoms with Crippen molar-refractivity contribution in [2.75, 3.05) is 11.4 Å². The van der Waals surface area contributed by atoms with Gasteiger partial charge in [0.1, 0.15) is 5.04 Å². The van der Waals surface area contributed by atoms with Gasteiger partial charge >= 0.3 is 0 Å². The van der Waals surface area contributed by atoms with Gasteiger partial charge in [0.15, 0.2) is 0 Å². The molecule has 0 saturated heterocycles. The fourth-order valence-electron chi connectivity index (χ4n) is 3.39. The fraction of sp³-hybridized carbons (Fsp3) is 0.300. The summed E-state index contributed by atoms with van der Waals surface area (Å²) in [6, 6.07) is 18.1. The molecule has 0 aromatic heterocycles. The highest BCUT2D eigenvalue weighted by Crippen LogP contribution is 2.50. The van der Waals surface area contributed by atoms with Crippen molar-refractivity contribution in [1.29, 1.82) is 0 Å². The molecule has 2 aromatic rings. The molecule has 2 aromatic carbocycles. The molecular formula is C20H21N3OS. The summed E-state index contributed by atoms with van der Waals surface area (Å²) in [6.07, 6.45) is 3.29. The van der Waals surface area contributed by atoms with Gasteiger partial charge in [0.05, 0.1) is 5.69 Å². The van der Waals surface area contributed by atoms with E-state index in [1.54, 1.807) is 0 Å². The van der Waals surface area contributed by atoms with Crippen molar-refractivity contribution in [1.82, 2.24) is 5.43 Å². The number of rotatable bonds is 5. The average molecular weight is 351 g/mol. The lowest BCUT2D eigenvalue weighted by molar-refractivity contribution is -0.121. The molecule has 5 heteroatoms. The van der Waals surface area contributed by atoms with Crippen LogP contribution in [0.15, 0.2) is 59.7 Å². The number of nitrogens with one attached hydrogen (secondary N) is 1. The Labute approximate surface area is 152 Å². The number of carbonyl (C=O) groups is 1. The van der Waals surface area contributed by atoms with Crippen LogP contribution >= 0.6 is 11.8 Å². The number of fused-ring (bicyclic) bond motifs is 2. The maximum atomic E-state index is 13.3. The minimum absolute atomic E-state index is 0.0875.